The van der Waals surface area contributed by atoms with Gasteiger partial charge in [0.25, 0.3) is 0 Å². The molecule has 1 aromatic rings. The number of rotatable bonds is 7. The topological polar surface area (TPSA) is 66.9 Å². The highest BCUT2D eigenvalue weighted by Crippen LogP contribution is 2.23. The number of carbonyl (C=O) groups excluding carboxylic acids is 3. The number of ether oxygens (including phenoxy) is 1. The first-order chi connectivity index (χ1) is 11.7. The molecule has 0 bridgehead atoms. The second kappa shape index (κ2) is 7.68. The Kier molecular flexibility index (Phi) is 5.82. The molecule has 0 atom stereocenters. The normalized spacial score (nSPS) is 15.1. The number of urea groups is 1. The van der Waals surface area contributed by atoms with Gasteiger partial charge >= 0.3 is 17.8 Å². The molecule has 1 aliphatic heterocycles. The number of hydrogen-bond acceptors (Lipinski definition) is 4. The van der Waals surface area contributed by atoms with E-state index < -0.39 is 17.8 Å². The number of imide groups is 2. The molecule has 0 aromatic heterocycles. The van der Waals surface area contributed by atoms with Crippen LogP contribution in [-0.4, -0.2) is 47.3 Å². The molecule has 2 rings (SSSR count). The molecule has 0 unspecified atom stereocenters. The minimum Gasteiger partial charge on any atom is -0.492 e. The summed E-state index contributed by atoms with van der Waals surface area (Å²) in [5.41, 5.74) is 2.39. The van der Waals surface area contributed by atoms with E-state index in [-0.39, 0.29) is 25.6 Å². The fraction of sp³-hybridized carbons (Fsp3) is 0.526. The molecule has 0 aliphatic carbocycles. The summed E-state index contributed by atoms with van der Waals surface area (Å²) in [6, 6.07) is 5.29. The smallest absolute Gasteiger partial charge is 0.334 e. The summed E-state index contributed by atoms with van der Waals surface area (Å²) in [4.78, 5) is 38.1. The van der Waals surface area contributed by atoms with Crippen LogP contribution in [-0.2, 0) is 9.59 Å². The minimum atomic E-state index is -0.777. The van der Waals surface area contributed by atoms with Crippen molar-refractivity contribution in [1.82, 2.24) is 9.80 Å². The van der Waals surface area contributed by atoms with Crippen molar-refractivity contribution in [3.05, 3.63) is 29.3 Å². The molecule has 1 aromatic carbocycles. The maximum atomic E-state index is 12.2. The van der Waals surface area contributed by atoms with E-state index in [9.17, 15) is 14.4 Å². The van der Waals surface area contributed by atoms with Crippen LogP contribution in [0.1, 0.15) is 44.7 Å². The zero-order chi connectivity index (χ0) is 18.7. The number of carbonyl (C=O) groups is 3. The van der Waals surface area contributed by atoms with Gasteiger partial charge in [-0.05, 0) is 42.0 Å². The van der Waals surface area contributed by atoms with Crippen LogP contribution in [0.15, 0.2) is 18.2 Å². The van der Waals surface area contributed by atoms with Gasteiger partial charge in [0.1, 0.15) is 12.4 Å². The molecule has 0 spiro atoms. The van der Waals surface area contributed by atoms with Crippen molar-refractivity contribution in [2.75, 3.05) is 19.7 Å². The molecule has 0 saturated carbocycles. The van der Waals surface area contributed by atoms with Crippen molar-refractivity contribution in [3.8, 4) is 5.75 Å². The third-order valence-electron chi connectivity index (χ3n) is 4.13. The van der Waals surface area contributed by atoms with E-state index in [1.807, 2.05) is 39.0 Å². The van der Waals surface area contributed by atoms with Crippen LogP contribution in [0, 0.1) is 12.8 Å². The fourth-order valence-corrected chi connectivity index (χ4v) is 2.91. The number of amides is 4. The van der Waals surface area contributed by atoms with Crippen LogP contribution in [0.25, 0.3) is 0 Å². The molecule has 136 valence electrons. The van der Waals surface area contributed by atoms with Gasteiger partial charge in [-0.25, -0.2) is 4.79 Å². The number of hydrogen-bond donors (Lipinski definition) is 0. The van der Waals surface area contributed by atoms with Crippen molar-refractivity contribution in [2.45, 2.75) is 40.5 Å². The lowest BCUT2D eigenvalue weighted by Gasteiger charge is -2.17. The van der Waals surface area contributed by atoms with Gasteiger partial charge in [0, 0.05) is 6.54 Å². The summed E-state index contributed by atoms with van der Waals surface area (Å²) in [6.07, 6.45) is 0. The highest BCUT2D eigenvalue weighted by atomic mass is 16.5. The second-order valence-corrected chi connectivity index (χ2v) is 7.07. The van der Waals surface area contributed by atoms with Gasteiger partial charge in [0.15, 0.2) is 0 Å². The first kappa shape index (κ1) is 19.0. The van der Waals surface area contributed by atoms with E-state index in [0.29, 0.717) is 11.7 Å². The number of benzene rings is 1. The fourth-order valence-electron chi connectivity index (χ4n) is 2.91. The largest absolute Gasteiger partial charge is 0.492 e. The van der Waals surface area contributed by atoms with Gasteiger partial charge in [0.05, 0.1) is 6.54 Å². The molecule has 1 saturated heterocycles. The molecular formula is C19H26N2O4. The number of aryl methyl sites for hydroxylation is 1. The average Bonchev–Trinajstić information content (AvgIpc) is 2.72. The first-order valence-corrected chi connectivity index (χ1v) is 8.63. The molecule has 25 heavy (non-hydrogen) atoms. The Hall–Kier alpha value is -2.37. The van der Waals surface area contributed by atoms with E-state index in [4.69, 9.17) is 4.74 Å². The van der Waals surface area contributed by atoms with Gasteiger partial charge in [-0.3, -0.25) is 19.4 Å². The molecule has 0 radical (unpaired) electrons. The maximum absolute atomic E-state index is 12.2. The number of nitrogens with zero attached hydrogens (tertiary/aromatic N) is 2. The van der Waals surface area contributed by atoms with Crippen LogP contribution < -0.4 is 4.74 Å². The standard InChI is InChI=1S/C19H26N2O4/c1-12(2)11-21-18(23)17(22)20(19(21)24)8-9-25-15-6-7-16(13(3)4)14(5)10-15/h6-7,10,12-13H,8-9,11H2,1-5H3. The Morgan fingerprint density at radius 3 is 2.20 bits per heavy atom. The Balaban J connectivity index is 1.95. The van der Waals surface area contributed by atoms with Crippen molar-refractivity contribution in [3.63, 3.8) is 0 Å². The van der Waals surface area contributed by atoms with Gasteiger partial charge < -0.3 is 4.74 Å². The van der Waals surface area contributed by atoms with Crippen LogP contribution in [0.5, 0.6) is 5.75 Å². The van der Waals surface area contributed by atoms with E-state index in [1.165, 1.54) is 5.56 Å². The Morgan fingerprint density at radius 1 is 1.00 bits per heavy atom. The molecule has 6 nitrogen and oxygen atoms in total. The lowest BCUT2D eigenvalue weighted by Crippen LogP contribution is -2.37. The summed E-state index contributed by atoms with van der Waals surface area (Å²) in [6.45, 7) is 10.5. The van der Waals surface area contributed by atoms with Gasteiger partial charge in [-0.1, -0.05) is 33.8 Å². The van der Waals surface area contributed by atoms with Gasteiger partial charge in [-0.15, -0.1) is 0 Å². The SMILES string of the molecule is Cc1cc(OCCN2C(=O)C(=O)N(CC(C)C)C2=O)ccc1C(C)C. The summed E-state index contributed by atoms with van der Waals surface area (Å²) in [5, 5.41) is 0. The second-order valence-electron chi connectivity index (χ2n) is 7.07. The maximum Gasteiger partial charge on any atom is 0.334 e. The molecule has 6 heteroatoms. The van der Waals surface area contributed by atoms with Crippen LogP contribution >= 0.6 is 0 Å². The summed E-state index contributed by atoms with van der Waals surface area (Å²) < 4.78 is 5.66. The third kappa shape index (κ3) is 4.18. The van der Waals surface area contributed by atoms with Crippen molar-refractivity contribution in [2.24, 2.45) is 5.92 Å². The summed E-state index contributed by atoms with van der Waals surface area (Å²) in [7, 11) is 0. The van der Waals surface area contributed by atoms with E-state index in [0.717, 1.165) is 15.4 Å². The van der Waals surface area contributed by atoms with Crippen molar-refractivity contribution < 1.29 is 19.1 Å². The van der Waals surface area contributed by atoms with Crippen LogP contribution in [0.4, 0.5) is 4.79 Å². The molecule has 4 amide bonds. The first-order valence-electron chi connectivity index (χ1n) is 8.63. The minimum absolute atomic E-state index is 0.0585. The molecule has 1 fully saturated rings. The van der Waals surface area contributed by atoms with E-state index >= 15 is 0 Å². The lowest BCUT2D eigenvalue weighted by atomic mass is 9.98. The zero-order valence-corrected chi connectivity index (χ0v) is 15.5. The Bertz CT molecular complexity index is 682. The van der Waals surface area contributed by atoms with Gasteiger partial charge in [-0.2, -0.15) is 0 Å². The van der Waals surface area contributed by atoms with E-state index in [2.05, 4.69) is 13.8 Å². The van der Waals surface area contributed by atoms with Crippen molar-refractivity contribution >= 4 is 17.8 Å². The monoisotopic (exact) mass is 346 g/mol. The predicted octanol–water partition coefficient (Wildman–Crippen LogP) is 2.94. The quantitative estimate of drug-likeness (QED) is 0.562. The summed E-state index contributed by atoms with van der Waals surface area (Å²) in [5.74, 6) is -0.297. The van der Waals surface area contributed by atoms with E-state index in [1.54, 1.807) is 0 Å². The molecule has 1 heterocycles. The van der Waals surface area contributed by atoms with Crippen LogP contribution in [0.3, 0.4) is 0 Å². The highest BCUT2D eigenvalue weighted by molar-refractivity contribution is 6.44. The molecule has 0 N–H and O–H groups in total. The van der Waals surface area contributed by atoms with Gasteiger partial charge in [0.2, 0.25) is 0 Å². The highest BCUT2D eigenvalue weighted by Gasteiger charge is 2.44. The Morgan fingerprint density at radius 2 is 1.64 bits per heavy atom. The average molecular weight is 346 g/mol. The molecule has 1 aliphatic rings. The molecular weight excluding hydrogens is 320 g/mol. The van der Waals surface area contributed by atoms with Crippen molar-refractivity contribution in [1.29, 1.82) is 0 Å². The van der Waals surface area contributed by atoms with Crippen LogP contribution in [0.2, 0.25) is 0 Å². The predicted molar refractivity (Wildman–Crippen MR) is 94.4 cm³/mol. The Labute approximate surface area is 148 Å². The zero-order valence-electron chi connectivity index (χ0n) is 15.5. The summed E-state index contributed by atoms with van der Waals surface area (Å²) >= 11 is 0. The lowest BCUT2D eigenvalue weighted by molar-refractivity contribution is -0.143. The third-order valence-corrected chi connectivity index (χ3v) is 4.13.